The molecule has 7 heteroatoms. The van der Waals surface area contributed by atoms with Gasteiger partial charge in [-0.1, -0.05) is 31.8 Å². The molecule has 0 aliphatic heterocycles. The lowest BCUT2D eigenvalue weighted by Crippen LogP contribution is -2.38. The number of benzene rings is 1. The molecule has 2 aromatic rings. The summed E-state index contributed by atoms with van der Waals surface area (Å²) in [5.41, 5.74) is -0.545. The van der Waals surface area contributed by atoms with Gasteiger partial charge in [0.25, 0.3) is 0 Å². The first kappa shape index (κ1) is 20.3. The van der Waals surface area contributed by atoms with Gasteiger partial charge in [-0.15, -0.1) is 0 Å². The van der Waals surface area contributed by atoms with Crippen molar-refractivity contribution in [3.63, 3.8) is 0 Å². The van der Waals surface area contributed by atoms with E-state index in [0.29, 0.717) is 17.5 Å². The van der Waals surface area contributed by atoms with Crippen LogP contribution in [0.5, 0.6) is 0 Å². The smallest absolute Gasteiger partial charge is 0.317 e. The normalized spacial score (nSPS) is 12.4. The van der Waals surface area contributed by atoms with Gasteiger partial charge in [0, 0.05) is 20.1 Å². The fourth-order valence-electron chi connectivity index (χ4n) is 2.63. The largest absolute Gasteiger partial charge is 0.468 e. The molecule has 0 fully saturated rings. The van der Waals surface area contributed by atoms with Crippen LogP contribution in [0, 0.1) is 0 Å². The van der Waals surface area contributed by atoms with E-state index >= 15 is 0 Å². The Kier molecular flexibility index (Phi) is 6.03. The van der Waals surface area contributed by atoms with Crippen molar-refractivity contribution in [2.24, 2.45) is 0 Å². The van der Waals surface area contributed by atoms with Crippen molar-refractivity contribution in [3.8, 4) is 0 Å². The maximum atomic E-state index is 12.9. The average Bonchev–Trinajstić information content (AvgIpc) is 2.58. The van der Waals surface area contributed by atoms with Crippen LogP contribution >= 0.6 is 0 Å². The van der Waals surface area contributed by atoms with E-state index in [1.807, 2.05) is 12.1 Å². The van der Waals surface area contributed by atoms with Crippen LogP contribution < -0.4 is 5.43 Å². The predicted molar refractivity (Wildman–Crippen MR) is 105 cm³/mol. The van der Waals surface area contributed by atoms with E-state index in [2.05, 4.69) is 24.7 Å². The Morgan fingerprint density at radius 2 is 1.88 bits per heavy atom. The Balaban J connectivity index is 2.44. The second kappa shape index (κ2) is 7.71. The highest BCUT2D eigenvalue weighted by molar-refractivity contribution is 6.76. The minimum Gasteiger partial charge on any atom is -0.468 e. The summed E-state index contributed by atoms with van der Waals surface area (Å²) in [4.78, 5) is 25.1. The SMILES string of the molecule is COC(=O)C(C)(C)c1nn(COCC[Si](C)(C)C)c2ccccc2c1=O. The van der Waals surface area contributed by atoms with Crippen molar-refractivity contribution in [2.75, 3.05) is 13.7 Å². The Morgan fingerprint density at radius 3 is 2.50 bits per heavy atom. The number of ether oxygens (including phenoxy) is 2. The van der Waals surface area contributed by atoms with Crippen molar-refractivity contribution < 1.29 is 14.3 Å². The summed E-state index contributed by atoms with van der Waals surface area (Å²) >= 11 is 0. The second-order valence-corrected chi connectivity index (χ2v) is 13.8. The van der Waals surface area contributed by atoms with Crippen molar-refractivity contribution >= 4 is 24.9 Å². The number of rotatable bonds is 7. The maximum Gasteiger partial charge on any atom is 0.317 e. The van der Waals surface area contributed by atoms with Crippen molar-refractivity contribution in [2.45, 2.75) is 51.7 Å². The van der Waals surface area contributed by atoms with E-state index in [1.54, 1.807) is 30.7 Å². The topological polar surface area (TPSA) is 70.4 Å². The van der Waals surface area contributed by atoms with Crippen LogP contribution in [0.25, 0.3) is 10.9 Å². The second-order valence-electron chi connectivity index (χ2n) is 8.16. The highest BCUT2D eigenvalue weighted by Gasteiger charge is 2.36. The number of nitrogens with zero attached hydrogens (tertiary/aromatic N) is 2. The molecule has 0 N–H and O–H groups in total. The molecule has 0 saturated heterocycles. The van der Waals surface area contributed by atoms with E-state index in [0.717, 1.165) is 6.04 Å². The van der Waals surface area contributed by atoms with Crippen molar-refractivity contribution in [3.05, 3.63) is 40.2 Å². The molecule has 1 heterocycles. The molecular formula is C19H28N2O4Si. The van der Waals surface area contributed by atoms with Crippen LogP contribution in [0.3, 0.4) is 0 Å². The molecule has 0 spiro atoms. The first-order chi connectivity index (χ1) is 12.1. The molecule has 6 nitrogen and oxygen atoms in total. The zero-order valence-corrected chi connectivity index (χ0v) is 17.5. The summed E-state index contributed by atoms with van der Waals surface area (Å²) in [5.74, 6) is -0.497. The first-order valence-electron chi connectivity index (χ1n) is 8.74. The zero-order valence-electron chi connectivity index (χ0n) is 16.5. The number of carbonyl (C=O) groups is 1. The molecule has 0 unspecified atom stereocenters. The van der Waals surface area contributed by atoms with Crippen LogP contribution in [0.15, 0.2) is 29.1 Å². The van der Waals surface area contributed by atoms with E-state index in [4.69, 9.17) is 9.47 Å². The standard InChI is InChI=1S/C19H28N2O4Si/c1-19(2,18(23)24-3)17-16(22)14-9-7-8-10-15(14)21(20-17)13-25-11-12-26(4,5)6/h7-10H,11-13H2,1-6H3. The van der Waals surface area contributed by atoms with Gasteiger partial charge in [-0.2, -0.15) is 5.10 Å². The van der Waals surface area contributed by atoms with Gasteiger partial charge in [0.2, 0.25) is 5.43 Å². The minimum atomic E-state index is -1.18. The summed E-state index contributed by atoms with van der Waals surface area (Å²) in [5, 5.41) is 4.98. The summed E-state index contributed by atoms with van der Waals surface area (Å²) in [6.45, 7) is 11.0. The number of aromatic nitrogens is 2. The van der Waals surface area contributed by atoms with E-state index in [-0.39, 0.29) is 17.9 Å². The minimum absolute atomic E-state index is 0.164. The third-order valence-corrected chi connectivity index (χ3v) is 6.06. The lowest BCUT2D eigenvalue weighted by atomic mass is 9.88. The first-order valence-corrected chi connectivity index (χ1v) is 12.4. The number of hydrogen-bond donors (Lipinski definition) is 0. The van der Waals surface area contributed by atoms with Crippen LogP contribution in [-0.2, 0) is 26.4 Å². The summed E-state index contributed by atoms with van der Waals surface area (Å²) in [6, 6.07) is 8.28. The fraction of sp³-hybridized carbons (Fsp3) is 0.526. The number of hydrogen-bond acceptors (Lipinski definition) is 5. The molecule has 0 saturated carbocycles. The molecule has 26 heavy (non-hydrogen) atoms. The number of carbonyl (C=O) groups excluding carboxylic acids is 1. The average molecular weight is 377 g/mol. The molecule has 0 aliphatic carbocycles. The van der Waals surface area contributed by atoms with Gasteiger partial charge >= 0.3 is 5.97 Å². The summed E-state index contributed by atoms with van der Waals surface area (Å²) < 4.78 is 12.3. The van der Waals surface area contributed by atoms with Crippen LogP contribution in [0.4, 0.5) is 0 Å². The van der Waals surface area contributed by atoms with Gasteiger partial charge in [-0.3, -0.25) is 9.59 Å². The molecule has 142 valence electrons. The van der Waals surface area contributed by atoms with Crippen LogP contribution in [-0.4, -0.2) is 37.5 Å². The Bertz CT molecular complexity index is 853. The predicted octanol–water partition coefficient (Wildman–Crippen LogP) is 3.16. The molecule has 0 aliphatic rings. The number of methoxy groups -OCH3 is 1. The van der Waals surface area contributed by atoms with Gasteiger partial charge in [0.05, 0.1) is 12.6 Å². The molecule has 0 atom stereocenters. The highest BCUT2D eigenvalue weighted by atomic mass is 28.3. The summed E-state index contributed by atoms with van der Waals surface area (Å²) in [6.07, 6.45) is 0. The third-order valence-electron chi connectivity index (χ3n) is 4.36. The fourth-order valence-corrected chi connectivity index (χ4v) is 3.38. The number of para-hydroxylation sites is 1. The van der Waals surface area contributed by atoms with Gasteiger partial charge in [0.15, 0.2) is 0 Å². The molecule has 2 rings (SSSR count). The Labute approximate surface area is 155 Å². The number of esters is 1. The molecule has 0 bridgehead atoms. The van der Waals surface area contributed by atoms with Crippen molar-refractivity contribution in [1.29, 1.82) is 0 Å². The van der Waals surface area contributed by atoms with Crippen molar-refractivity contribution in [1.82, 2.24) is 9.78 Å². The van der Waals surface area contributed by atoms with Gasteiger partial charge in [0.1, 0.15) is 17.8 Å². The van der Waals surface area contributed by atoms with Gasteiger partial charge in [-0.25, -0.2) is 4.68 Å². The Hall–Kier alpha value is -1.99. The van der Waals surface area contributed by atoms with Gasteiger partial charge in [-0.05, 0) is 32.0 Å². The van der Waals surface area contributed by atoms with E-state index < -0.39 is 19.5 Å². The highest BCUT2D eigenvalue weighted by Crippen LogP contribution is 2.22. The van der Waals surface area contributed by atoms with Crippen LogP contribution in [0.1, 0.15) is 19.5 Å². The zero-order chi connectivity index (χ0) is 19.5. The summed E-state index contributed by atoms with van der Waals surface area (Å²) in [7, 11) is 0.124. The molecule has 1 aromatic carbocycles. The third kappa shape index (κ3) is 4.39. The molecular weight excluding hydrogens is 348 g/mol. The molecule has 1 aromatic heterocycles. The van der Waals surface area contributed by atoms with E-state index in [1.165, 1.54) is 7.11 Å². The molecule has 0 amide bonds. The molecule has 0 radical (unpaired) electrons. The Morgan fingerprint density at radius 1 is 1.23 bits per heavy atom. The monoisotopic (exact) mass is 376 g/mol. The van der Waals surface area contributed by atoms with E-state index in [9.17, 15) is 9.59 Å². The lowest BCUT2D eigenvalue weighted by molar-refractivity contribution is -0.146. The quantitative estimate of drug-likeness (QED) is 0.422. The maximum absolute atomic E-state index is 12.9. The lowest BCUT2D eigenvalue weighted by Gasteiger charge is -2.22. The van der Waals surface area contributed by atoms with Crippen LogP contribution in [0.2, 0.25) is 25.7 Å². The number of fused-ring (bicyclic) bond motifs is 1. The van der Waals surface area contributed by atoms with Gasteiger partial charge < -0.3 is 9.47 Å².